The molecule has 1 unspecified atom stereocenters. The van der Waals surface area contributed by atoms with Crippen LogP contribution in [0, 0.1) is 11.7 Å². The summed E-state index contributed by atoms with van der Waals surface area (Å²) in [5.74, 6) is -0.465. The molecule has 1 heterocycles. The van der Waals surface area contributed by atoms with Crippen LogP contribution in [0.3, 0.4) is 0 Å². The van der Waals surface area contributed by atoms with E-state index >= 15 is 0 Å². The minimum Gasteiger partial charge on any atom is -0.444 e. The van der Waals surface area contributed by atoms with Crippen LogP contribution in [-0.2, 0) is 4.74 Å². The quantitative estimate of drug-likeness (QED) is 0.720. The average Bonchev–Trinajstić information content (AvgIpc) is 2.55. The zero-order valence-electron chi connectivity index (χ0n) is 15.7. The molecule has 0 aromatic heterocycles. The van der Waals surface area contributed by atoms with E-state index in [0.717, 1.165) is 12.8 Å². The molecular formula is C19H26BrFN2O3. The van der Waals surface area contributed by atoms with Gasteiger partial charge in [-0.1, -0.05) is 0 Å². The number of rotatable bonds is 3. The van der Waals surface area contributed by atoms with Crippen LogP contribution in [0.25, 0.3) is 0 Å². The first-order valence-electron chi connectivity index (χ1n) is 8.75. The summed E-state index contributed by atoms with van der Waals surface area (Å²) in [5.41, 5.74) is -0.213. The van der Waals surface area contributed by atoms with E-state index in [1.165, 1.54) is 12.1 Å². The van der Waals surface area contributed by atoms with Crippen LogP contribution in [0.1, 0.15) is 44.0 Å². The van der Waals surface area contributed by atoms with E-state index in [4.69, 9.17) is 4.74 Å². The number of nitrogens with zero attached hydrogens (tertiary/aromatic N) is 2. The molecule has 0 aliphatic carbocycles. The fourth-order valence-electron chi connectivity index (χ4n) is 3.03. The lowest BCUT2D eigenvalue weighted by Gasteiger charge is -2.35. The zero-order valence-corrected chi connectivity index (χ0v) is 17.3. The van der Waals surface area contributed by atoms with Crippen molar-refractivity contribution in [2.75, 3.05) is 26.7 Å². The van der Waals surface area contributed by atoms with Crippen molar-refractivity contribution in [3.8, 4) is 0 Å². The predicted octanol–water partition coefficient (Wildman–Crippen LogP) is 4.31. The number of hydrogen-bond donors (Lipinski definition) is 0. The molecule has 1 aromatic carbocycles. The van der Waals surface area contributed by atoms with E-state index in [1.807, 2.05) is 20.8 Å². The summed E-state index contributed by atoms with van der Waals surface area (Å²) in [5, 5.41) is 0. The van der Waals surface area contributed by atoms with Crippen molar-refractivity contribution in [2.24, 2.45) is 5.92 Å². The van der Waals surface area contributed by atoms with Gasteiger partial charge in [0.1, 0.15) is 11.4 Å². The summed E-state index contributed by atoms with van der Waals surface area (Å²) in [6, 6.07) is 4.11. The molecule has 1 aromatic rings. The van der Waals surface area contributed by atoms with Crippen molar-refractivity contribution >= 4 is 27.9 Å². The van der Waals surface area contributed by atoms with Crippen LogP contribution in [0.4, 0.5) is 9.18 Å². The maximum absolute atomic E-state index is 13.5. The fraction of sp³-hybridized carbons (Fsp3) is 0.579. The molecule has 1 aliphatic rings. The number of carbonyl (C=O) groups excluding carboxylic acids is 2. The standard InChI is InChI=1S/C19H26BrFN2O3/c1-19(2,3)26-18(25)22(4)11-13-6-5-9-23(12-13)17(24)15-10-14(21)7-8-16(15)20/h7-8,10,13H,5-6,9,11-12H2,1-4H3. The second-order valence-corrected chi connectivity index (χ2v) is 8.60. The Morgan fingerprint density at radius 2 is 2.08 bits per heavy atom. The summed E-state index contributed by atoms with van der Waals surface area (Å²) < 4.78 is 19.5. The molecule has 7 heteroatoms. The Morgan fingerprint density at radius 3 is 2.73 bits per heavy atom. The molecule has 0 N–H and O–H groups in total. The number of amides is 2. The predicted molar refractivity (Wildman–Crippen MR) is 102 cm³/mol. The van der Waals surface area contributed by atoms with Gasteiger partial charge in [0.05, 0.1) is 5.56 Å². The van der Waals surface area contributed by atoms with Gasteiger partial charge in [0.15, 0.2) is 0 Å². The first kappa shape index (κ1) is 20.7. The molecule has 1 aliphatic heterocycles. The molecule has 26 heavy (non-hydrogen) atoms. The van der Waals surface area contributed by atoms with Crippen LogP contribution in [0.2, 0.25) is 0 Å². The van der Waals surface area contributed by atoms with Gasteiger partial charge in [-0.15, -0.1) is 0 Å². The Morgan fingerprint density at radius 1 is 1.38 bits per heavy atom. The largest absolute Gasteiger partial charge is 0.444 e. The van der Waals surface area contributed by atoms with Gasteiger partial charge in [0.2, 0.25) is 0 Å². The van der Waals surface area contributed by atoms with Gasteiger partial charge in [-0.2, -0.15) is 0 Å². The Hall–Kier alpha value is -1.63. The first-order chi connectivity index (χ1) is 12.1. The zero-order chi connectivity index (χ0) is 19.5. The molecule has 0 radical (unpaired) electrons. The van der Waals surface area contributed by atoms with Crippen molar-refractivity contribution in [1.29, 1.82) is 0 Å². The van der Waals surface area contributed by atoms with Crippen LogP contribution in [0.5, 0.6) is 0 Å². The van der Waals surface area contributed by atoms with Gasteiger partial charge >= 0.3 is 6.09 Å². The van der Waals surface area contributed by atoms with E-state index in [2.05, 4.69) is 15.9 Å². The molecule has 1 fully saturated rings. The number of carbonyl (C=O) groups is 2. The number of piperidine rings is 1. The summed E-state index contributed by atoms with van der Waals surface area (Å²) in [7, 11) is 1.71. The Kier molecular flexibility index (Phi) is 6.66. The second kappa shape index (κ2) is 8.37. The highest BCUT2D eigenvalue weighted by molar-refractivity contribution is 9.10. The summed E-state index contributed by atoms with van der Waals surface area (Å²) in [6.07, 6.45) is 1.42. The van der Waals surface area contributed by atoms with Gasteiger partial charge in [0.25, 0.3) is 5.91 Å². The first-order valence-corrected chi connectivity index (χ1v) is 9.54. The van der Waals surface area contributed by atoms with Crippen molar-refractivity contribution in [3.63, 3.8) is 0 Å². The fourth-order valence-corrected chi connectivity index (χ4v) is 3.45. The normalized spacial score (nSPS) is 17.8. The van der Waals surface area contributed by atoms with E-state index in [1.54, 1.807) is 22.9 Å². The second-order valence-electron chi connectivity index (χ2n) is 7.74. The van der Waals surface area contributed by atoms with E-state index in [-0.39, 0.29) is 17.9 Å². The topological polar surface area (TPSA) is 49.9 Å². The minimum absolute atomic E-state index is 0.164. The van der Waals surface area contributed by atoms with Crippen LogP contribution in [-0.4, -0.2) is 54.1 Å². The molecule has 2 amide bonds. The lowest BCUT2D eigenvalue weighted by Crippen LogP contribution is -2.45. The molecule has 0 spiro atoms. The van der Waals surface area contributed by atoms with E-state index in [9.17, 15) is 14.0 Å². The maximum Gasteiger partial charge on any atom is 0.410 e. The van der Waals surface area contributed by atoms with Gasteiger partial charge in [-0.05, 0) is 73.7 Å². The number of likely N-dealkylation sites (tertiary alicyclic amines) is 1. The highest BCUT2D eigenvalue weighted by atomic mass is 79.9. The SMILES string of the molecule is CN(CC1CCCN(C(=O)c2cc(F)ccc2Br)C1)C(=O)OC(C)(C)C. The number of hydrogen-bond acceptors (Lipinski definition) is 3. The minimum atomic E-state index is -0.538. The number of halogens is 2. The molecule has 144 valence electrons. The Bertz CT molecular complexity index is 675. The molecule has 1 saturated heterocycles. The maximum atomic E-state index is 13.5. The van der Waals surface area contributed by atoms with Gasteiger partial charge < -0.3 is 14.5 Å². The lowest BCUT2D eigenvalue weighted by molar-refractivity contribution is 0.0244. The Balaban J connectivity index is 1.99. The number of ether oxygens (including phenoxy) is 1. The van der Waals surface area contributed by atoms with Crippen molar-refractivity contribution in [1.82, 2.24) is 9.80 Å². The summed E-state index contributed by atoms with van der Waals surface area (Å²) in [4.78, 5) is 28.2. The molecular weight excluding hydrogens is 403 g/mol. The monoisotopic (exact) mass is 428 g/mol. The van der Waals surface area contributed by atoms with Crippen LogP contribution in [0.15, 0.2) is 22.7 Å². The van der Waals surface area contributed by atoms with E-state index < -0.39 is 11.4 Å². The van der Waals surface area contributed by atoms with Crippen molar-refractivity contribution in [2.45, 2.75) is 39.2 Å². The lowest BCUT2D eigenvalue weighted by atomic mass is 9.97. The van der Waals surface area contributed by atoms with Gasteiger partial charge in [-0.3, -0.25) is 4.79 Å². The third kappa shape index (κ3) is 5.69. The molecule has 5 nitrogen and oxygen atoms in total. The third-order valence-corrected chi connectivity index (χ3v) is 4.89. The summed E-state index contributed by atoms with van der Waals surface area (Å²) >= 11 is 3.32. The molecule has 2 rings (SSSR count). The van der Waals surface area contributed by atoms with Crippen molar-refractivity contribution < 1.29 is 18.7 Å². The smallest absolute Gasteiger partial charge is 0.410 e. The number of benzene rings is 1. The van der Waals surface area contributed by atoms with Crippen molar-refractivity contribution in [3.05, 3.63) is 34.1 Å². The highest BCUT2D eigenvalue weighted by Gasteiger charge is 2.28. The summed E-state index contributed by atoms with van der Waals surface area (Å²) in [6.45, 7) is 7.18. The third-order valence-electron chi connectivity index (χ3n) is 4.20. The molecule has 0 saturated carbocycles. The van der Waals surface area contributed by atoms with Crippen LogP contribution < -0.4 is 0 Å². The molecule has 1 atom stereocenters. The molecule has 0 bridgehead atoms. The van der Waals surface area contributed by atoms with E-state index in [0.29, 0.717) is 29.7 Å². The average molecular weight is 429 g/mol. The van der Waals surface area contributed by atoms with Gasteiger partial charge in [0, 0.05) is 31.2 Å². The van der Waals surface area contributed by atoms with Crippen LogP contribution >= 0.6 is 15.9 Å². The Labute approximate surface area is 162 Å². The van der Waals surface area contributed by atoms with Gasteiger partial charge in [-0.25, -0.2) is 9.18 Å². The highest BCUT2D eigenvalue weighted by Crippen LogP contribution is 2.24.